The van der Waals surface area contributed by atoms with Crippen molar-refractivity contribution in [3.05, 3.63) is 59.9 Å². The molecule has 0 fully saturated rings. The van der Waals surface area contributed by atoms with Gasteiger partial charge in [-0.1, -0.05) is 0 Å². The number of hydrogen-bond acceptors (Lipinski definition) is 5. The molecule has 0 bridgehead atoms. The molecule has 0 amide bonds. The van der Waals surface area contributed by atoms with Gasteiger partial charge < -0.3 is 10.5 Å². The maximum Gasteiger partial charge on any atom is 0.416 e. The van der Waals surface area contributed by atoms with Crippen LogP contribution in [0.3, 0.4) is 0 Å². The molecule has 5 nitrogen and oxygen atoms in total. The third-order valence-electron chi connectivity index (χ3n) is 3.30. The van der Waals surface area contributed by atoms with Gasteiger partial charge in [0, 0.05) is 23.5 Å². The Morgan fingerprint density at radius 2 is 1.72 bits per heavy atom. The van der Waals surface area contributed by atoms with Crippen molar-refractivity contribution in [3.63, 3.8) is 0 Å². The quantitative estimate of drug-likeness (QED) is 0.768. The normalized spacial score (nSPS) is 11.4. The zero-order valence-corrected chi connectivity index (χ0v) is 13.1. The number of pyridine rings is 1. The first-order chi connectivity index (χ1) is 11.8. The lowest BCUT2D eigenvalue weighted by atomic mass is 10.1. The highest BCUT2D eigenvalue weighted by Gasteiger charge is 2.31. The fourth-order valence-corrected chi connectivity index (χ4v) is 2.20. The molecule has 0 spiro atoms. The first-order valence-electron chi connectivity index (χ1n) is 7.24. The Kier molecular flexibility index (Phi) is 4.26. The molecule has 8 heteroatoms. The van der Waals surface area contributed by atoms with E-state index in [9.17, 15) is 13.2 Å². The summed E-state index contributed by atoms with van der Waals surface area (Å²) in [5, 5.41) is 0. The Labute approximate surface area is 141 Å². The first kappa shape index (κ1) is 16.7. The number of aromatic nitrogens is 3. The van der Waals surface area contributed by atoms with Crippen molar-refractivity contribution in [2.75, 3.05) is 5.73 Å². The van der Waals surface area contributed by atoms with Crippen molar-refractivity contribution < 1.29 is 17.9 Å². The fraction of sp³-hybridized carbons (Fsp3) is 0.118. The van der Waals surface area contributed by atoms with E-state index in [2.05, 4.69) is 15.0 Å². The number of benzene rings is 1. The van der Waals surface area contributed by atoms with E-state index in [1.165, 1.54) is 13.1 Å². The number of aryl methyl sites for hydroxylation is 1. The van der Waals surface area contributed by atoms with Crippen LogP contribution in [0.2, 0.25) is 0 Å². The van der Waals surface area contributed by atoms with E-state index in [0.29, 0.717) is 11.4 Å². The van der Waals surface area contributed by atoms with E-state index in [1.54, 1.807) is 30.3 Å². The van der Waals surface area contributed by atoms with Crippen LogP contribution < -0.4 is 10.5 Å². The van der Waals surface area contributed by atoms with Gasteiger partial charge >= 0.3 is 6.18 Å². The van der Waals surface area contributed by atoms with Crippen molar-refractivity contribution >= 4 is 5.95 Å². The summed E-state index contributed by atoms with van der Waals surface area (Å²) in [6.07, 6.45) is -2.92. The van der Waals surface area contributed by atoms with E-state index in [-0.39, 0.29) is 17.5 Å². The van der Waals surface area contributed by atoms with Gasteiger partial charge in [0.05, 0.1) is 11.3 Å². The number of alkyl halides is 3. The highest BCUT2D eigenvalue weighted by molar-refractivity contribution is 5.60. The molecule has 0 saturated heterocycles. The molecule has 0 radical (unpaired) electrons. The van der Waals surface area contributed by atoms with Crippen LogP contribution in [0.25, 0.3) is 11.3 Å². The Morgan fingerprint density at radius 3 is 2.36 bits per heavy atom. The number of ether oxygens (including phenoxy) is 1. The van der Waals surface area contributed by atoms with E-state index < -0.39 is 11.7 Å². The summed E-state index contributed by atoms with van der Waals surface area (Å²) in [4.78, 5) is 11.9. The summed E-state index contributed by atoms with van der Waals surface area (Å²) < 4.78 is 44.0. The topological polar surface area (TPSA) is 73.9 Å². The molecule has 25 heavy (non-hydrogen) atoms. The van der Waals surface area contributed by atoms with Crippen LogP contribution in [0.5, 0.6) is 11.6 Å². The number of nitrogens with zero attached hydrogens (tertiary/aromatic N) is 3. The minimum Gasteiger partial charge on any atom is -0.439 e. The van der Waals surface area contributed by atoms with Crippen molar-refractivity contribution in [2.45, 2.75) is 13.1 Å². The van der Waals surface area contributed by atoms with Crippen LogP contribution in [0.1, 0.15) is 11.3 Å². The number of rotatable bonds is 3. The third-order valence-corrected chi connectivity index (χ3v) is 3.30. The molecule has 3 aromatic rings. The maximum atomic E-state index is 12.9. The van der Waals surface area contributed by atoms with Crippen molar-refractivity contribution in [1.29, 1.82) is 0 Å². The van der Waals surface area contributed by atoms with Crippen LogP contribution in [0, 0.1) is 6.92 Å². The minimum atomic E-state index is -4.46. The lowest BCUT2D eigenvalue weighted by Crippen LogP contribution is -2.06. The molecule has 0 aliphatic heterocycles. The van der Waals surface area contributed by atoms with Gasteiger partial charge in [-0.15, -0.1) is 0 Å². The molecule has 2 heterocycles. The molecule has 0 saturated carbocycles. The number of anilines is 1. The molecule has 128 valence electrons. The SMILES string of the molecule is Cc1cc(C(F)(F)F)cc(Oc2ccc(-c3ccnc(N)n3)cc2)n1. The molecule has 0 aliphatic carbocycles. The smallest absolute Gasteiger partial charge is 0.416 e. The molecular weight excluding hydrogens is 333 g/mol. The summed E-state index contributed by atoms with van der Waals surface area (Å²) in [5.74, 6) is 0.393. The van der Waals surface area contributed by atoms with E-state index in [1.807, 2.05) is 0 Å². The van der Waals surface area contributed by atoms with Crippen molar-refractivity contribution in [1.82, 2.24) is 15.0 Å². The largest absolute Gasteiger partial charge is 0.439 e. The second-order valence-electron chi connectivity index (χ2n) is 5.26. The van der Waals surface area contributed by atoms with E-state index in [4.69, 9.17) is 10.5 Å². The average molecular weight is 346 g/mol. The number of nitrogen functional groups attached to an aromatic ring is 1. The molecule has 3 rings (SSSR count). The summed E-state index contributed by atoms with van der Waals surface area (Å²) in [6.45, 7) is 1.48. The second kappa shape index (κ2) is 6.39. The van der Waals surface area contributed by atoms with Crippen LogP contribution in [0.4, 0.5) is 19.1 Å². The van der Waals surface area contributed by atoms with Gasteiger partial charge in [0.1, 0.15) is 5.75 Å². The van der Waals surface area contributed by atoms with Crippen LogP contribution >= 0.6 is 0 Å². The van der Waals surface area contributed by atoms with Gasteiger partial charge in [-0.25, -0.2) is 15.0 Å². The monoisotopic (exact) mass is 346 g/mol. The van der Waals surface area contributed by atoms with Crippen LogP contribution in [-0.4, -0.2) is 15.0 Å². The van der Waals surface area contributed by atoms with Gasteiger partial charge in [0.25, 0.3) is 0 Å². The summed E-state index contributed by atoms with van der Waals surface area (Å²) >= 11 is 0. The lowest BCUT2D eigenvalue weighted by molar-refractivity contribution is -0.137. The van der Waals surface area contributed by atoms with E-state index >= 15 is 0 Å². The van der Waals surface area contributed by atoms with Gasteiger partial charge in [-0.2, -0.15) is 13.2 Å². The van der Waals surface area contributed by atoms with Gasteiger partial charge in [0.2, 0.25) is 11.8 Å². The van der Waals surface area contributed by atoms with Crippen LogP contribution in [-0.2, 0) is 6.18 Å². The second-order valence-corrected chi connectivity index (χ2v) is 5.26. The van der Waals surface area contributed by atoms with Crippen molar-refractivity contribution in [2.24, 2.45) is 0 Å². The first-order valence-corrected chi connectivity index (χ1v) is 7.24. The highest BCUT2D eigenvalue weighted by Crippen LogP contribution is 2.32. The number of halogens is 3. The molecular formula is C17H13F3N4O. The van der Waals surface area contributed by atoms with Gasteiger partial charge in [-0.3, -0.25) is 0 Å². The Bertz CT molecular complexity index is 895. The molecule has 0 atom stereocenters. The molecule has 2 N–H and O–H groups in total. The summed E-state index contributed by atoms with van der Waals surface area (Å²) in [5.41, 5.74) is 6.37. The predicted molar refractivity (Wildman–Crippen MR) is 85.9 cm³/mol. The Balaban J connectivity index is 1.83. The molecule has 0 unspecified atom stereocenters. The van der Waals surface area contributed by atoms with Crippen LogP contribution in [0.15, 0.2) is 48.7 Å². The van der Waals surface area contributed by atoms with Gasteiger partial charge in [0.15, 0.2) is 0 Å². The van der Waals surface area contributed by atoms with Gasteiger partial charge in [-0.05, 0) is 43.3 Å². The molecule has 0 aliphatic rings. The Morgan fingerprint density at radius 1 is 1.00 bits per heavy atom. The zero-order valence-electron chi connectivity index (χ0n) is 13.1. The minimum absolute atomic E-state index is 0.119. The standard InChI is InChI=1S/C17H13F3N4O/c1-10-8-12(17(18,19)20)9-15(23-10)25-13-4-2-11(3-5-13)14-6-7-22-16(21)24-14/h2-9H,1H3,(H2,21,22,24). The third kappa shape index (κ3) is 4.03. The maximum absolute atomic E-state index is 12.9. The number of nitrogens with two attached hydrogens (primary N) is 1. The predicted octanol–water partition coefficient (Wildman–Crippen LogP) is 4.24. The average Bonchev–Trinajstić information content (AvgIpc) is 2.54. The Hall–Kier alpha value is -3.16. The fourth-order valence-electron chi connectivity index (χ4n) is 2.20. The highest BCUT2D eigenvalue weighted by atomic mass is 19.4. The summed E-state index contributed by atoms with van der Waals surface area (Å²) in [7, 11) is 0. The van der Waals surface area contributed by atoms with E-state index in [0.717, 1.165) is 17.7 Å². The van der Waals surface area contributed by atoms with Crippen molar-refractivity contribution in [3.8, 4) is 22.9 Å². The zero-order chi connectivity index (χ0) is 18.0. The molecule has 1 aromatic carbocycles. The lowest BCUT2D eigenvalue weighted by Gasteiger charge is -2.11. The summed E-state index contributed by atoms with van der Waals surface area (Å²) in [6, 6.07) is 10.2. The molecule has 2 aromatic heterocycles. The number of hydrogen-bond donors (Lipinski definition) is 1.